The van der Waals surface area contributed by atoms with Gasteiger partial charge in [0.2, 0.25) is 5.91 Å². The first-order valence-electron chi connectivity index (χ1n) is 6.75. The van der Waals surface area contributed by atoms with Gasteiger partial charge in [-0.15, -0.1) is 0 Å². The van der Waals surface area contributed by atoms with Crippen molar-refractivity contribution in [3.63, 3.8) is 0 Å². The zero-order valence-electron chi connectivity index (χ0n) is 11.2. The highest BCUT2D eigenvalue weighted by atomic mass is 16.5. The van der Waals surface area contributed by atoms with Crippen molar-refractivity contribution in [3.8, 4) is 5.75 Å². The van der Waals surface area contributed by atoms with Crippen molar-refractivity contribution < 1.29 is 9.53 Å². The molecule has 0 aromatic heterocycles. The number of ether oxygens (including phenoxy) is 1. The second-order valence-corrected chi connectivity index (χ2v) is 4.75. The Hall–Kier alpha value is -1.51. The summed E-state index contributed by atoms with van der Waals surface area (Å²) in [5.41, 5.74) is 1.11. The molecule has 1 aliphatic rings. The van der Waals surface area contributed by atoms with E-state index in [0.717, 1.165) is 24.2 Å². The van der Waals surface area contributed by atoms with Crippen LogP contribution in [0.15, 0.2) is 24.3 Å². The Bertz CT molecular complexity index is 417. The second-order valence-electron chi connectivity index (χ2n) is 4.75. The van der Waals surface area contributed by atoms with Gasteiger partial charge in [-0.25, -0.2) is 0 Å². The van der Waals surface area contributed by atoms with E-state index in [9.17, 15) is 4.79 Å². The van der Waals surface area contributed by atoms with Crippen LogP contribution in [0.2, 0.25) is 0 Å². The van der Waals surface area contributed by atoms with Crippen molar-refractivity contribution in [2.75, 3.05) is 13.2 Å². The van der Waals surface area contributed by atoms with Crippen LogP contribution in [0.1, 0.15) is 44.7 Å². The first-order chi connectivity index (χ1) is 8.74. The zero-order valence-corrected chi connectivity index (χ0v) is 11.2. The number of fused-ring (bicyclic) bond motifs is 1. The molecule has 0 aliphatic carbocycles. The molecule has 98 valence electrons. The molecule has 1 aliphatic heterocycles. The van der Waals surface area contributed by atoms with Crippen LogP contribution in [-0.4, -0.2) is 24.0 Å². The Balaban J connectivity index is 2.17. The summed E-state index contributed by atoms with van der Waals surface area (Å²) >= 11 is 0. The number of nitrogens with zero attached hydrogens (tertiary/aromatic N) is 1. The summed E-state index contributed by atoms with van der Waals surface area (Å²) in [6.45, 7) is 5.45. The van der Waals surface area contributed by atoms with E-state index in [2.05, 4.69) is 13.8 Å². The monoisotopic (exact) mass is 247 g/mol. The van der Waals surface area contributed by atoms with Crippen LogP contribution >= 0.6 is 0 Å². The summed E-state index contributed by atoms with van der Waals surface area (Å²) in [7, 11) is 0. The highest BCUT2D eigenvalue weighted by molar-refractivity contribution is 5.77. The number of benzene rings is 1. The molecule has 3 heteroatoms. The van der Waals surface area contributed by atoms with E-state index in [4.69, 9.17) is 4.74 Å². The molecule has 1 amide bonds. The van der Waals surface area contributed by atoms with Gasteiger partial charge < -0.3 is 9.64 Å². The molecule has 0 N–H and O–H groups in total. The molecule has 1 aromatic carbocycles. The normalized spacial score (nSPS) is 18.8. The van der Waals surface area contributed by atoms with Crippen molar-refractivity contribution in [2.45, 2.75) is 39.2 Å². The Morgan fingerprint density at radius 3 is 3.00 bits per heavy atom. The minimum Gasteiger partial charge on any atom is -0.491 e. The summed E-state index contributed by atoms with van der Waals surface area (Å²) in [5.74, 6) is 1.15. The summed E-state index contributed by atoms with van der Waals surface area (Å²) in [4.78, 5) is 14.1. The number of unbranched alkanes of at least 4 members (excludes halogenated alkanes) is 1. The van der Waals surface area contributed by atoms with E-state index in [1.807, 2.05) is 29.2 Å². The van der Waals surface area contributed by atoms with Crippen LogP contribution in [0.4, 0.5) is 0 Å². The minimum atomic E-state index is 0.105. The van der Waals surface area contributed by atoms with Crippen LogP contribution in [0.25, 0.3) is 0 Å². The van der Waals surface area contributed by atoms with Gasteiger partial charge in [0.05, 0.1) is 12.6 Å². The van der Waals surface area contributed by atoms with Crippen LogP contribution in [0.5, 0.6) is 5.75 Å². The molecular formula is C15H21NO2. The molecule has 0 radical (unpaired) electrons. The predicted molar refractivity (Wildman–Crippen MR) is 71.6 cm³/mol. The fourth-order valence-electron chi connectivity index (χ4n) is 2.38. The summed E-state index contributed by atoms with van der Waals surface area (Å²) in [6.07, 6.45) is 2.66. The molecule has 18 heavy (non-hydrogen) atoms. The maximum atomic E-state index is 12.2. The third kappa shape index (κ3) is 2.66. The fourth-order valence-corrected chi connectivity index (χ4v) is 2.38. The van der Waals surface area contributed by atoms with Gasteiger partial charge in [-0.3, -0.25) is 4.79 Å². The number of hydrogen-bond acceptors (Lipinski definition) is 2. The Morgan fingerprint density at radius 1 is 1.44 bits per heavy atom. The third-order valence-electron chi connectivity index (χ3n) is 3.49. The van der Waals surface area contributed by atoms with Crippen molar-refractivity contribution in [2.24, 2.45) is 0 Å². The zero-order chi connectivity index (χ0) is 13.0. The molecule has 1 atom stereocenters. The van der Waals surface area contributed by atoms with Gasteiger partial charge in [0.25, 0.3) is 0 Å². The van der Waals surface area contributed by atoms with E-state index < -0.39 is 0 Å². The van der Waals surface area contributed by atoms with E-state index in [0.29, 0.717) is 19.6 Å². The number of rotatable bonds is 3. The van der Waals surface area contributed by atoms with Crippen molar-refractivity contribution in [1.29, 1.82) is 0 Å². The van der Waals surface area contributed by atoms with E-state index in [1.54, 1.807) is 0 Å². The Labute approximate surface area is 109 Å². The average molecular weight is 247 g/mol. The minimum absolute atomic E-state index is 0.105. The molecular weight excluding hydrogens is 226 g/mol. The molecule has 0 saturated heterocycles. The lowest BCUT2D eigenvalue weighted by Crippen LogP contribution is -2.34. The fraction of sp³-hybridized carbons (Fsp3) is 0.533. The molecule has 0 fully saturated rings. The van der Waals surface area contributed by atoms with Crippen LogP contribution in [0, 0.1) is 0 Å². The number of hydrogen-bond donors (Lipinski definition) is 0. The maximum Gasteiger partial charge on any atom is 0.223 e. The number of para-hydroxylation sites is 1. The lowest BCUT2D eigenvalue weighted by molar-refractivity contribution is -0.133. The van der Waals surface area contributed by atoms with E-state index in [1.165, 1.54) is 0 Å². The van der Waals surface area contributed by atoms with E-state index in [-0.39, 0.29) is 11.9 Å². The first-order valence-corrected chi connectivity index (χ1v) is 6.75. The molecule has 3 nitrogen and oxygen atoms in total. The smallest absolute Gasteiger partial charge is 0.223 e. The van der Waals surface area contributed by atoms with Gasteiger partial charge in [-0.2, -0.15) is 0 Å². The van der Waals surface area contributed by atoms with Gasteiger partial charge in [0.15, 0.2) is 0 Å². The highest BCUT2D eigenvalue weighted by Crippen LogP contribution is 2.31. The molecule has 1 unspecified atom stereocenters. The lowest BCUT2D eigenvalue weighted by atomic mass is 10.1. The number of carbonyl (C=O) groups excluding carboxylic acids is 1. The molecule has 2 rings (SSSR count). The summed E-state index contributed by atoms with van der Waals surface area (Å²) in [6, 6.07) is 8.10. The molecule has 0 bridgehead atoms. The Morgan fingerprint density at radius 2 is 2.22 bits per heavy atom. The largest absolute Gasteiger partial charge is 0.491 e. The topological polar surface area (TPSA) is 29.5 Å². The quantitative estimate of drug-likeness (QED) is 0.821. The van der Waals surface area contributed by atoms with Crippen molar-refractivity contribution in [3.05, 3.63) is 29.8 Å². The summed E-state index contributed by atoms with van der Waals surface area (Å²) in [5, 5.41) is 0. The SMILES string of the molecule is CCCCC(=O)N1CCOc2ccccc2C1C. The van der Waals surface area contributed by atoms with Crippen molar-refractivity contribution in [1.82, 2.24) is 4.90 Å². The third-order valence-corrected chi connectivity index (χ3v) is 3.49. The van der Waals surface area contributed by atoms with Crippen LogP contribution < -0.4 is 4.74 Å². The number of carbonyl (C=O) groups is 1. The molecule has 1 heterocycles. The van der Waals surface area contributed by atoms with Gasteiger partial charge in [0.1, 0.15) is 12.4 Å². The highest BCUT2D eigenvalue weighted by Gasteiger charge is 2.25. The van der Waals surface area contributed by atoms with Crippen LogP contribution in [0.3, 0.4) is 0 Å². The summed E-state index contributed by atoms with van der Waals surface area (Å²) < 4.78 is 5.71. The molecule has 1 aromatic rings. The lowest BCUT2D eigenvalue weighted by Gasteiger charge is -2.27. The van der Waals surface area contributed by atoms with Crippen LogP contribution in [-0.2, 0) is 4.79 Å². The number of amides is 1. The van der Waals surface area contributed by atoms with Crippen molar-refractivity contribution >= 4 is 5.91 Å². The standard InChI is InChI=1S/C15H21NO2/c1-3-4-9-15(17)16-10-11-18-14-8-6-5-7-13(14)12(16)2/h5-8,12H,3-4,9-11H2,1-2H3. The van der Waals surface area contributed by atoms with Gasteiger partial charge in [0, 0.05) is 12.0 Å². The first kappa shape index (κ1) is 12.9. The van der Waals surface area contributed by atoms with Gasteiger partial charge in [-0.05, 0) is 19.4 Å². The van der Waals surface area contributed by atoms with Gasteiger partial charge >= 0.3 is 0 Å². The molecule has 0 saturated carbocycles. The second kappa shape index (κ2) is 5.89. The molecule has 0 spiro atoms. The Kier molecular flexibility index (Phi) is 4.24. The maximum absolute atomic E-state index is 12.2. The van der Waals surface area contributed by atoms with E-state index >= 15 is 0 Å². The predicted octanol–water partition coefficient (Wildman–Crippen LogP) is 3.16. The average Bonchev–Trinajstić information content (AvgIpc) is 2.56. The van der Waals surface area contributed by atoms with Gasteiger partial charge in [-0.1, -0.05) is 31.5 Å².